The van der Waals surface area contributed by atoms with Crippen molar-refractivity contribution in [1.29, 1.82) is 0 Å². The van der Waals surface area contributed by atoms with E-state index in [1.165, 1.54) is 0 Å². The van der Waals surface area contributed by atoms with E-state index in [1.54, 1.807) is 12.4 Å². The van der Waals surface area contributed by atoms with Gasteiger partial charge in [0.2, 0.25) is 0 Å². The number of pyridine rings is 1. The highest BCUT2D eigenvalue weighted by Gasteiger charge is 2.26. The van der Waals surface area contributed by atoms with Gasteiger partial charge in [-0.1, -0.05) is 12.1 Å². The second-order valence-corrected chi connectivity index (χ2v) is 5.91. The molecule has 3 heterocycles. The highest BCUT2D eigenvalue weighted by molar-refractivity contribution is 6.06. The summed E-state index contributed by atoms with van der Waals surface area (Å²) in [6, 6.07) is 11.8. The normalized spacial score (nSPS) is 18.3. The number of hydrogen-bond donors (Lipinski definition) is 0. The molecule has 0 spiro atoms. The third-order valence-electron chi connectivity index (χ3n) is 4.46. The van der Waals surface area contributed by atoms with Crippen molar-refractivity contribution in [1.82, 2.24) is 19.7 Å². The molecule has 1 saturated heterocycles. The number of nitrogens with zero attached hydrogens (tertiary/aromatic N) is 4. The van der Waals surface area contributed by atoms with E-state index in [0.717, 1.165) is 35.9 Å². The van der Waals surface area contributed by atoms with Crippen molar-refractivity contribution in [2.75, 3.05) is 13.1 Å². The Labute approximate surface area is 134 Å². The summed E-state index contributed by atoms with van der Waals surface area (Å²) in [5.41, 5.74) is 1.59. The minimum atomic E-state index is 0.0838. The lowest BCUT2D eigenvalue weighted by Gasteiger charge is -2.33. The summed E-state index contributed by atoms with van der Waals surface area (Å²) in [4.78, 5) is 19.3. The summed E-state index contributed by atoms with van der Waals surface area (Å²) in [6.07, 6.45) is 7.57. The Bertz CT molecular complexity index is 823. The van der Waals surface area contributed by atoms with Crippen LogP contribution in [0.15, 0.2) is 55.0 Å². The first-order valence-corrected chi connectivity index (χ1v) is 7.95. The van der Waals surface area contributed by atoms with Crippen molar-refractivity contribution in [3.05, 3.63) is 60.6 Å². The zero-order chi connectivity index (χ0) is 15.6. The quantitative estimate of drug-likeness (QED) is 0.731. The molecule has 3 aromatic rings. The van der Waals surface area contributed by atoms with Gasteiger partial charge in [-0.2, -0.15) is 5.10 Å². The molecule has 5 nitrogen and oxygen atoms in total. The average Bonchev–Trinajstić information content (AvgIpc) is 3.15. The van der Waals surface area contributed by atoms with Gasteiger partial charge >= 0.3 is 0 Å². The van der Waals surface area contributed by atoms with Crippen molar-refractivity contribution in [2.24, 2.45) is 0 Å². The van der Waals surface area contributed by atoms with Crippen LogP contribution in [-0.2, 0) is 0 Å². The number of likely N-dealkylation sites (tertiary alicyclic amines) is 1. The maximum atomic E-state index is 13.0. The molecule has 0 unspecified atom stereocenters. The first-order chi connectivity index (χ1) is 11.3. The van der Waals surface area contributed by atoms with Gasteiger partial charge in [-0.25, -0.2) is 0 Å². The molecule has 1 amide bonds. The van der Waals surface area contributed by atoms with E-state index in [-0.39, 0.29) is 11.9 Å². The number of rotatable bonds is 2. The number of benzene rings is 1. The highest BCUT2D eigenvalue weighted by atomic mass is 16.2. The van der Waals surface area contributed by atoms with Crippen LogP contribution in [0.4, 0.5) is 0 Å². The Morgan fingerprint density at radius 3 is 2.96 bits per heavy atom. The molecule has 5 heteroatoms. The van der Waals surface area contributed by atoms with E-state index in [4.69, 9.17) is 0 Å². The third-order valence-corrected chi connectivity index (χ3v) is 4.46. The topological polar surface area (TPSA) is 51.0 Å². The molecule has 2 aromatic heterocycles. The van der Waals surface area contributed by atoms with E-state index in [0.29, 0.717) is 6.54 Å². The molecule has 1 aliphatic heterocycles. The van der Waals surface area contributed by atoms with Crippen LogP contribution >= 0.6 is 0 Å². The Morgan fingerprint density at radius 2 is 2.09 bits per heavy atom. The summed E-state index contributed by atoms with van der Waals surface area (Å²) in [5.74, 6) is 0.0838. The molecule has 0 radical (unpaired) electrons. The van der Waals surface area contributed by atoms with Crippen LogP contribution < -0.4 is 0 Å². The second-order valence-electron chi connectivity index (χ2n) is 5.91. The molecular formula is C18H18N4O. The smallest absolute Gasteiger partial charge is 0.254 e. The largest absolute Gasteiger partial charge is 0.336 e. The standard InChI is InChI=1S/C18H18N4O/c23-18(16-6-1-8-17-15(16)7-2-9-19-17)21-11-3-5-14(13-21)22-12-4-10-20-22/h1-2,4,6-10,12,14H,3,5,11,13H2/t14-/m1/s1. The molecular weight excluding hydrogens is 288 g/mol. The molecule has 0 aliphatic carbocycles. The van der Waals surface area contributed by atoms with E-state index in [1.807, 2.05) is 52.2 Å². The van der Waals surface area contributed by atoms with Crippen molar-refractivity contribution in [3.63, 3.8) is 0 Å². The van der Waals surface area contributed by atoms with Crippen molar-refractivity contribution in [3.8, 4) is 0 Å². The molecule has 1 aliphatic rings. The molecule has 0 bridgehead atoms. The number of carbonyl (C=O) groups is 1. The van der Waals surface area contributed by atoms with Gasteiger partial charge in [0.25, 0.3) is 5.91 Å². The van der Waals surface area contributed by atoms with Crippen molar-refractivity contribution < 1.29 is 4.79 Å². The summed E-state index contributed by atoms with van der Waals surface area (Å²) >= 11 is 0. The predicted octanol–water partition coefficient (Wildman–Crippen LogP) is 2.91. The lowest BCUT2D eigenvalue weighted by molar-refractivity contribution is 0.0675. The predicted molar refractivity (Wildman–Crippen MR) is 88.1 cm³/mol. The Hall–Kier alpha value is -2.69. The van der Waals surface area contributed by atoms with Gasteiger partial charge in [0.1, 0.15) is 0 Å². The molecule has 23 heavy (non-hydrogen) atoms. The fourth-order valence-corrected chi connectivity index (χ4v) is 3.31. The van der Waals surface area contributed by atoms with Gasteiger partial charge in [-0.3, -0.25) is 14.5 Å². The fraction of sp³-hybridized carbons (Fsp3) is 0.278. The number of carbonyl (C=O) groups excluding carboxylic acids is 1. The zero-order valence-electron chi connectivity index (χ0n) is 12.8. The van der Waals surface area contributed by atoms with Crippen molar-refractivity contribution in [2.45, 2.75) is 18.9 Å². The third kappa shape index (κ3) is 2.59. The van der Waals surface area contributed by atoms with E-state index >= 15 is 0 Å². The molecule has 116 valence electrons. The van der Waals surface area contributed by atoms with E-state index in [9.17, 15) is 4.79 Å². The molecule has 1 atom stereocenters. The summed E-state index contributed by atoms with van der Waals surface area (Å²) in [6.45, 7) is 1.50. The van der Waals surface area contributed by atoms with Gasteiger partial charge in [-0.05, 0) is 37.1 Å². The van der Waals surface area contributed by atoms with E-state index in [2.05, 4.69) is 10.1 Å². The van der Waals surface area contributed by atoms with Gasteiger partial charge in [0, 0.05) is 42.6 Å². The van der Waals surface area contributed by atoms with Gasteiger partial charge in [-0.15, -0.1) is 0 Å². The van der Waals surface area contributed by atoms with Gasteiger partial charge in [0.15, 0.2) is 0 Å². The average molecular weight is 306 g/mol. The molecule has 0 saturated carbocycles. The number of fused-ring (bicyclic) bond motifs is 1. The first kappa shape index (κ1) is 13.9. The highest BCUT2D eigenvalue weighted by Crippen LogP contribution is 2.24. The van der Waals surface area contributed by atoms with Gasteiger partial charge < -0.3 is 4.90 Å². The molecule has 1 aromatic carbocycles. The monoisotopic (exact) mass is 306 g/mol. The van der Waals surface area contributed by atoms with Crippen LogP contribution in [0.3, 0.4) is 0 Å². The number of aromatic nitrogens is 3. The first-order valence-electron chi connectivity index (χ1n) is 7.95. The van der Waals surface area contributed by atoms with Crippen molar-refractivity contribution >= 4 is 16.8 Å². The van der Waals surface area contributed by atoms with Gasteiger partial charge in [0.05, 0.1) is 11.6 Å². The maximum absolute atomic E-state index is 13.0. The molecule has 4 rings (SSSR count). The van der Waals surface area contributed by atoms with Crippen LogP contribution in [0.25, 0.3) is 10.9 Å². The lowest BCUT2D eigenvalue weighted by Crippen LogP contribution is -2.40. The van der Waals surface area contributed by atoms with Crippen LogP contribution in [0, 0.1) is 0 Å². The minimum Gasteiger partial charge on any atom is -0.336 e. The zero-order valence-corrected chi connectivity index (χ0v) is 12.8. The van der Waals surface area contributed by atoms with Crippen LogP contribution in [0.2, 0.25) is 0 Å². The summed E-state index contributed by atoms with van der Waals surface area (Å²) in [5, 5.41) is 5.24. The number of amides is 1. The Morgan fingerprint density at radius 1 is 1.13 bits per heavy atom. The SMILES string of the molecule is O=C(c1cccc2ncccc12)N1CCC[C@@H](n2cccn2)C1. The number of piperidine rings is 1. The van der Waals surface area contributed by atoms with E-state index < -0.39 is 0 Å². The van der Waals surface area contributed by atoms with Crippen LogP contribution in [0.1, 0.15) is 29.2 Å². The Balaban J connectivity index is 1.63. The maximum Gasteiger partial charge on any atom is 0.254 e. The summed E-state index contributed by atoms with van der Waals surface area (Å²) in [7, 11) is 0. The molecule has 1 fully saturated rings. The van der Waals surface area contributed by atoms with Crippen LogP contribution in [-0.4, -0.2) is 38.7 Å². The van der Waals surface area contributed by atoms with Crippen LogP contribution in [0.5, 0.6) is 0 Å². The fourth-order valence-electron chi connectivity index (χ4n) is 3.31. The number of hydrogen-bond acceptors (Lipinski definition) is 3. The minimum absolute atomic E-state index is 0.0838. The lowest BCUT2D eigenvalue weighted by atomic mass is 10.0. The Kier molecular flexibility index (Phi) is 3.54. The summed E-state index contributed by atoms with van der Waals surface area (Å²) < 4.78 is 1.96. The molecule has 0 N–H and O–H groups in total. The second kappa shape index (κ2) is 5.83.